The van der Waals surface area contributed by atoms with Crippen molar-refractivity contribution in [3.05, 3.63) is 53.0 Å². The fourth-order valence-electron chi connectivity index (χ4n) is 1.56. The van der Waals surface area contributed by atoms with Gasteiger partial charge in [0.2, 0.25) is 0 Å². The van der Waals surface area contributed by atoms with Crippen LogP contribution in [-0.4, -0.2) is 4.98 Å². The third kappa shape index (κ3) is 1.25. The molecule has 14 heavy (non-hydrogen) atoms. The lowest BCUT2D eigenvalue weighted by Crippen LogP contribution is -2.06. The van der Waals surface area contributed by atoms with E-state index in [1.165, 1.54) is 0 Å². The third-order valence-electron chi connectivity index (χ3n) is 2.27. The van der Waals surface area contributed by atoms with Gasteiger partial charge >= 0.3 is 0 Å². The van der Waals surface area contributed by atoms with E-state index in [4.69, 9.17) is 0 Å². The van der Waals surface area contributed by atoms with E-state index >= 15 is 0 Å². The van der Waals surface area contributed by atoms with E-state index in [-0.39, 0.29) is 5.56 Å². The van der Waals surface area contributed by atoms with Crippen molar-refractivity contribution in [2.24, 2.45) is 0 Å². The molecule has 2 rings (SSSR count). The summed E-state index contributed by atoms with van der Waals surface area (Å²) in [6.07, 6.45) is 1.72. The first kappa shape index (κ1) is 8.75. The summed E-state index contributed by atoms with van der Waals surface area (Å²) in [5.41, 5.74) is 1.91. The Morgan fingerprint density at radius 1 is 1.29 bits per heavy atom. The number of aromatic amines is 1. The average Bonchev–Trinajstić information content (AvgIpc) is 2.18. The molecule has 0 fully saturated rings. The zero-order chi connectivity index (χ0) is 10.1. The minimum atomic E-state index is -0.0504. The number of aromatic nitrogens is 1. The maximum Gasteiger partial charge on any atom is 0.255 e. The van der Waals surface area contributed by atoms with Crippen molar-refractivity contribution < 1.29 is 0 Å². The molecule has 0 aliphatic heterocycles. The van der Waals surface area contributed by atoms with Crippen LogP contribution < -0.4 is 5.56 Å². The van der Waals surface area contributed by atoms with Crippen molar-refractivity contribution in [1.29, 1.82) is 0 Å². The van der Waals surface area contributed by atoms with Gasteiger partial charge in [-0.3, -0.25) is 4.79 Å². The summed E-state index contributed by atoms with van der Waals surface area (Å²) >= 11 is 0. The van der Waals surface area contributed by atoms with Gasteiger partial charge in [-0.25, -0.2) is 0 Å². The van der Waals surface area contributed by atoms with Gasteiger partial charge in [0.1, 0.15) is 0 Å². The second-order valence-corrected chi connectivity index (χ2v) is 3.36. The van der Waals surface area contributed by atoms with E-state index < -0.39 is 0 Å². The molecule has 1 N–H and O–H groups in total. The normalized spacial score (nSPS) is 10.4. The SMILES string of the molecule is C=C(C)c1c[nH]c(=O)c2ccccc12. The van der Waals surface area contributed by atoms with Gasteiger partial charge in [0, 0.05) is 17.1 Å². The minimum Gasteiger partial charge on any atom is -0.328 e. The first-order valence-corrected chi connectivity index (χ1v) is 4.46. The van der Waals surface area contributed by atoms with Crippen molar-refractivity contribution in [2.75, 3.05) is 0 Å². The van der Waals surface area contributed by atoms with E-state index in [9.17, 15) is 4.79 Å². The molecule has 70 valence electrons. The van der Waals surface area contributed by atoms with Gasteiger partial charge in [0.05, 0.1) is 0 Å². The molecular formula is C12H11NO. The number of H-pyrrole nitrogens is 1. The number of allylic oxidation sites excluding steroid dienone is 1. The number of rotatable bonds is 1. The van der Waals surface area contributed by atoms with E-state index in [0.29, 0.717) is 5.39 Å². The zero-order valence-corrected chi connectivity index (χ0v) is 8.00. The van der Waals surface area contributed by atoms with Gasteiger partial charge in [-0.2, -0.15) is 0 Å². The predicted molar refractivity (Wildman–Crippen MR) is 59.3 cm³/mol. The highest BCUT2D eigenvalue weighted by Crippen LogP contribution is 2.19. The Morgan fingerprint density at radius 2 is 1.93 bits per heavy atom. The lowest BCUT2D eigenvalue weighted by Gasteiger charge is -2.04. The summed E-state index contributed by atoms with van der Waals surface area (Å²) in [6, 6.07) is 7.54. The average molecular weight is 185 g/mol. The van der Waals surface area contributed by atoms with Crippen molar-refractivity contribution in [1.82, 2.24) is 4.98 Å². The van der Waals surface area contributed by atoms with Crippen LogP contribution >= 0.6 is 0 Å². The minimum absolute atomic E-state index is 0.0504. The Balaban J connectivity index is 2.96. The monoisotopic (exact) mass is 185 g/mol. The van der Waals surface area contributed by atoms with E-state index in [0.717, 1.165) is 16.5 Å². The first-order chi connectivity index (χ1) is 6.70. The van der Waals surface area contributed by atoms with Crippen LogP contribution in [0.1, 0.15) is 12.5 Å². The summed E-state index contributed by atoms with van der Waals surface area (Å²) in [5.74, 6) is 0. The summed E-state index contributed by atoms with van der Waals surface area (Å²) in [6.45, 7) is 5.81. The molecule has 0 saturated heterocycles. The van der Waals surface area contributed by atoms with Crippen LogP contribution in [0, 0.1) is 0 Å². The molecule has 0 saturated carbocycles. The lowest BCUT2D eigenvalue weighted by atomic mass is 10.0. The van der Waals surface area contributed by atoms with Crippen molar-refractivity contribution in [3.8, 4) is 0 Å². The molecule has 2 aromatic rings. The Morgan fingerprint density at radius 3 is 2.57 bits per heavy atom. The van der Waals surface area contributed by atoms with Gasteiger partial charge in [-0.1, -0.05) is 24.8 Å². The van der Waals surface area contributed by atoms with Crippen molar-refractivity contribution >= 4 is 16.3 Å². The van der Waals surface area contributed by atoms with Crippen molar-refractivity contribution in [2.45, 2.75) is 6.92 Å². The molecule has 2 nitrogen and oxygen atoms in total. The number of benzene rings is 1. The molecular weight excluding hydrogens is 174 g/mol. The Labute approximate surface area is 81.9 Å². The molecule has 0 amide bonds. The molecule has 1 heterocycles. The van der Waals surface area contributed by atoms with Crippen LogP contribution in [0.2, 0.25) is 0 Å². The molecule has 0 radical (unpaired) electrons. The summed E-state index contributed by atoms with van der Waals surface area (Å²) in [7, 11) is 0. The summed E-state index contributed by atoms with van der Waals surface area (Å²) in [5, 5.41) is 1.68. The molecule has 0 atom stereocenters. The fourth-order valence-corrected chi connectivity index (χ4v) is 1.56. The smallest absolute Gasteiger partial charge is 0.255 e. The highest BCUT2D eigenvalue weighted by Gasteiger charge is 2.03. The van der Waals surface area contributed by atoms with Gasteiger partial charge in [-0.05, 0) is 23.9 Å². The van der Waals surface area contributed by atoms with Crippen LogP contribution in [0.25, 0.3) is 16.3 Å². The number of pyridine rings is 1. The van der Waals surface area contributed by atoms with Crippen molar-refractivity contribution in [3.63, 3.8) is 0 Å². The fraction of sp³-hybridized carbons (Fsp3) is 0.0833. The van der Waals surface area contributed by atoms with Crippen LogP contribution in [0.3, 0.4) is 0 Å². The maximum atomic E-state index is 11.5. The van der Waals surface area contributed by atoms with Gasteiger partial charge in [0.15, 0.2) is 0 Å². The summed E-state index contributed by atoms with van der Waals surface area (Å²) < 4.78 is 0. The molecule has 2 heteroatoms. The van der Waals surface area contributed by atoms with Crippen LogP contribution in [-0.2, 0) is 0 Å². The van der Waals surface area contributed by atoms with Crippen LogP contribution in [0.15, 0.2) is 41.8 Å². The largest absolute Gasteiger partial charge is 0.328 e. The second kappa shape index (κ2) is 3.14. The lowest BCUT2D eigenvalue weighted by molar-refractivity contribution is 1.26. The van der Waals surface area contributed by atoms with Gasteiger partial charge in [-0.15, -0.1) is 0 Å². The van der Waals surface area contributed by atoms with Crippen LogP contribution in [0.4, 0.5) is 0 Å². The Kier molecular flexibility index (Phi) is 1.97. The number of fused-ring (bicyclic) bond motifs is 1. The Bertz CT molecular complexity index is 551. The molecule has 0 aliphatic rings. The highest BCUT2D eigenvalue weighted by atomic mass is 16.1. The third-order valence-corrected chi connectivity index (χ3v) is 2.27. The second-order valence-electron chi connectivity index (χ2n) is 3.36. The summed E-state index contributed by atoms with van der Waals surface area (Å²) in [4.78, 5) is 14.2. The molecule has 0 spiro atoms. The van der Waals surface area contributed by atoms with Crippen LogP contribution in [0.5, 0.6) is 0 Å². The van der Waals surface area contributed by atoms with Gasteiger partial charge in [0.25, 0.3) is 5.56 Å². The van der Waals surface area contributed by atoms with E-state index in [1.54, 1.807) is 6.20 Å². The number of hydrogen-bond acceptors (Lipinski definition) is 1. The van der Waals surface area contributed by atoms with Gasteiger partial charge < -0.3 is 4.98 Å². The maximum absolute atomic E-state index is 11.5. The molecule has 0 aliphatic carbocycles. The zero-order valence-electron chi connectivity index (χ0n) is 8.00. The highest BCUT2D eigenvalue weighted by molar-refractivity contribution is 5.91. The number of nitrogens with one attached hydrogen (secondary N) is 1. The standard InChI is InChI=1S/C12H11NO/c1-8(2)11-7-13-12(14)10-6-4-3-5-9(10)11/h3-7H,1H2,2H3,(H,13,14). The molecule has 1 aromatic carbocycles. The molecule has 1 aromatic heterocycles. The first-order valence-electron chi connectivity index (χ1n) is 4.46. The topological polar surface area (TPSA) is 32.9 Å². The predicted octanol–water partition coefficient (Wildman–Crippen LogP) is 2.56. The van der Waals surface area contributed by atoms with E-state index in [1.807, 2.05) is 31.2 Å². The molecule has 0 unspecified atom stereocenters. The quantitative estimate of drug-likeness (QED) is 0.727. The Hall–Kier alpha value is -1.83. The molecule has 0 bridgehead atoms. The number of hydrogen-bond donors (Lipinski definition) is 1. The van der Waals surface area contributed by atoms with E-state index in [2.05, 4.69) is 11.6 Å².